The molecule has 0 fully saturated rings. The summed E-state index contributed by atoms with van der Waals surface area (Å²) in [7, 11) is 0. The summed E-state index contributed by atoms with van der Waals surface area (Å²) in [6, 6.07) is 0. The van der Waals surface area contributed by atoms with E-state index in [1.165, 1.54) is 154 Å². The van der Waals surface area contributed by atoms with Crippen molar-refractivity contribution in [3.63, 3.8) is 0 Å². The zero-order valence-electron chi connectivity index (χ0n) is 51.9. The minimum atomic E-state index is -0.799. The molecule has 1 unspecified atom stereocenters. The van der Waals surface area contributed by atoms with Crippen LogP contribution in [0, 0.1) is 0 Å². The molecule has 6 heteroatoms. The molecule has 0 aliphatic heterocycles. The van der Waals surface area contributed by atoms with Crippen LogP contribution in [0.1, 0.15) is 316 Å². The zero-order chi connectivity index (χ0) is 57.1. The van der Waals surface area contributed by atoms with Gasteiger partial charge in [-0.25, -0.2) is 0 Å². The van der Waals surface area contributed by atoms with Gasteiger partial charge in [0.1, 0.15) is 13.2 Å². The van der Waals surface area contributed by atoms with Gasteiger partial charge in [-0.15, -0.1) is 0 Å². The van der Waals surface area contributed by atoms with Crippen LogP contribution >= 0.6 is 0 Å². The third-order valence-electron chi connectivity index (χ3n) is 14.3. The first-order chi connectivity index (χ1) is 39.0. The van der Waals surface area contributed by atoms with Gasteiger partial charge in [0.15, 0.2) is 6.10 Å². The summed E-state index contributed by atoms with van der Waals surface area (Å²) < 4.78 is 16.7. The van der Waals surface area contributed by atoms with Crippen LogP contribution in [0.3, 0.4) is 0 Å². The van der Waals surface area contributed by atoms with E-state index in [4.69, 9.17) is 14.2 Å². The Labute approximate surface area is 489 Å². The summed E-state index contributed by atoms with van der Waals surface area (Å²) >= 11 is 0. The first-order valence-electron chi connectivity index (χ1n) is 33.4. The highest BCUT2D eigenvalue weighted by Gasteiger charge is 2.19. The molecule has 0 rings (SSSR count). The molecule has 0 aromatic rings. The minimum absolute atomic E-state index is 0.0954. The lowest BCUT2D eigenvalue weighted by Crippen LogP contribution is -2.30. The molecule has 0 heterocycles. The molecule has 79 heavy (non-hydrogen) atoms. The molecule has 0 bridgehead atoms. The van der Waals surface area contributed by atoms with Crippen molar-refractivity contribution in [2.45, 2.75) is 322 Å². The molecule has 0 saturated carbocycles. The number of esters is 3. The third kappa shape index (κ3) is 64.8. The molecule has 0 aliphatic rings. The molecular formula is C73H124O6. The molecule has 0 amide bonds. The Kier molecular flexibility index (Phi) is 63.3. The normalized spacial score (nSPS) is 12.8. The molecule has 0 spiro atoms. The highest BCUT2D eigenvalue weighted by atomic mass is 16.6. The Balaban J connectivity index is 4.12. The number of carbonyl (C=O) groups is 3. The standard InChI is InChI=1S/C73H124O6/c1-4-7-10-13-15-17-19-21-23-25-27-29-31-33-35-36-38-39-41-43-45-47-49-51-53-55-57-60-63-66-72(75)78-69-70(68-77-71(74)65-62-59-12-9-6-3)79-73(76)67-64-61-58-56-54-52-50-48-46-44-42-40-37-34-32-30-28-26-24-22-20-18-16-14-11-8-5-2/h7,10,15,17,21,23,27,29,33,35,38-39,43,45,49,51,55,57,70H,4-6,8-9,11-14,16,18-20,22,24-26,28,30-32,34,36-37,40-42,44,46-48,50,52-54,56,58-69H2,1-3H3/b10-7-,17-15-,23-21-,29-27-,35-33-,39-38-,45-43-,51-49-,57-55-. The highest BCUT2D eigenvalue weighted by Crippen LogP contribution is 2.17. The smallest absolute Gasteiger partial charge is 0.306 e. The van der Waals surface area contributed by atoms with Gasteiger partial charge in [0.2, 0.25) is 0 Å². The monoisotopic (exact) mass is 1100 g/mol. The largest absolute Gasteiger partial charge is 0.462 e. The molecule has 0 radical (unpaired) electrons. The van der Waals surface area contributed by atoms with Gasteiger partial charge in [-0.1, -0.05) is 323 Å². The van der Waals surface area contributed by atoms with E-state index >= 15 is 0 Å². The average Bonchev–Trinajstić information content (AvgIpc) is 3.45. The van der Waals surface area contributed by atoms with E-state index in [-0.39, 0.29) is 37.5 Å². The topological polar surface area (TPSA) is 78.9 Å². The molecule has 1 atom stereocenters. The Morgan fingerprint density at radius 3 is 0.772 bits per heavy atom. The molecule has 6 nitrogen and oxygen atoms in total. The molecular weight excluding hydrogens is 973 g/mol. The third-order valence-corrected chi connectivity index (χ3v) is 14.3. The second-order valence-corrected chi connectivity index (χ2v) is 22.0. The fraction of sp³-hybridized carbons (Fsp3) is 0.712. The van der Waals surface area contributed by atoms with Gasteiger partial charge in [0, 0.05) is 19.3 Å². The van der Waals surface area contributed by atoms with Crippen molar-refractivity contribution in [3.8, 4) is 0 Å². The van der Waals surface area contributed by atoms with E-state index in [9.17, 15) is 14.4 Å². The molecule has 0 aliphatic carbocycles. The lowest BCUT2D eigenvalue weighted by atomic mass is 10.0. The highest BCUT2D eigenvalue weighted by molar-refractivity contribution is 5.71. The number of unbranched alkanes of at least 4 members (excludes halogenated alkanes) is 31. The second kappa shape index (κ2) is 66.6. The van der Waals surface area contributed by atoms with Crippen molar-refractivity contribution in [2.75, 3.05) is 13.2 Å². The van der Waals surface area contributed by atoms with Gasteiger partial charge >= 0.3 is 17.9 Å². The van der Waals surface area contributed by atoms with Gasteiger partial charge in [-0.05, 0) is 83.5 Å². The lowest BCUT2D eigenvalue weighted by molar-refractivity contribution is -0.167. The van der Waals surface area contributed by atoms with Gasteiger partial charge < -0.3 is 14.2 Å². The van der Waals surface area contributed by atoms with Crippen LogP contribution in [-0.4, -0.2) is 37.2 Å². The Morgan fingerprint density at radius 2 is 0.494 bits per heavy atom. The summed E-state index contributed by atoms with van der Waals surface area (Å²) in [6.07, 6.45) is 91.7. The van der Waals surface area contributed by atoms with Crippen molar-refractivity contribution < 1.29 is 28.6 Å². The van der Waals surface area contributed by atoms with Gasteiger partial charge in [0.05, 0.1) is 0 Å². The van der Waals surface area contributed by atoms with Crippen molar-refractivity contribution in [2.24, 2.45) is 0 Å². The Morgan fingerprint density at radius 1 is 0.266 bits per heavy atom. The summed E-state index contributed by atoms with van der Waals surface area (Å²) in [5.41, 5.74) is 0. The van der Waals surface area contributed by atoms with Crippen LogP contribution in [-0.2, 0) is 28.6 Å². The first kappa shape index (κ1) is 75.1. The summed E-state index contributed by atoms with van der Waals surface area (Å²) in [5.74, 6) is -0.963. The van der Waals surface area contributed by atoms with Gasteiger partial charge in [0.25, 0.3) is 0 Å². The second-order valence-electron chi connectivity index (χ2n) is 22.0. The van der Waals surface area contributed by atoms with E-state index in [2.05, 4.69) is 130 Å². The number of carbonyl (C=O) groups excluding carboxylic acids is 3. The van der Waals surface area contributed by atoms with Crippen LogP contribution in [0.4, 0.5) is 0 Å². The van der Waals surface area contributed by atoms with E-state index in [0.717, 1.165) is 116 Å². The maximum Gasteiger partial charge on any atom is 0.306 e. The maximum atomic E-state index is 12.8. The molecule has 0 aromatic heterocycles. The SMILES string of the molecule is CC/C=C\C/C=C\C/C=C\C/C=C\C/C=C\C/C=C\C/C=C\C/C=C\C/C=C\CCCC(=O)OCC(COC(=O)CCCCCCC)OC(=O)CCCCCCCCCCCCCCCCCCCCCCCCCCCCC. The van der Waals surface area contributed by atoms with E-state index in [1.54, 1.807) is 0 Å². The van der Waals surface area contributed by atoms with Crippen LogP contribution in [0.5, 0.6) is 0 Å². The molecule has 0 saturated heterocycles. The van der Waals surface area contributed by atoms with Gasteiger partial charge in [-0.3, -0.25) is 14.4 Å². The van der Waals surface area contributed by atoms with E-state index in [0.29, 0.717) is 19.3 Å². The average molecular weight is 1100 g/mol. The number of ether oxygens (including phenoxy) is 3. The number of rotatable bonds is 60. The van der Waals surface area contributed by atoms with E-state index in [1.807, 2.05) is 0 Å². The molecule has 0 N–H and O–H groups in total. The fourth-order valence-corrected chi connectivity index (χ4v) is 9.33. The summed E-state index contributed by atoms with van der Waals surface area (Å²) in [6.45, 7) is 6.42. The van der Waals surface area contributed by atoms with Crippen LogP contribution in [0.15, 0.2) is 109 Å². The van der Waals surface area contributed by atoms with Crippen molar-refractivity contribution in [3.05, 3.63) is 109 Å². The predicted octanol–water partition coefficient (Wildman–Crippen LogP) is 23.0. The van der Waals surface area contributed by atoms with Crippen LogP contribution in [0.25, 0.3) is 0 Å². The first-order valence-corrected chi connectivity index (χ1v) is 33.4. The fourth-order valence-electron chi connectivity index (χ4n) is 9.33. The quantitative estimate of drug-likeness (QED) is 0.0261. The number of hydrogen-bond acceptors (Lipinski definition) is 6. The zero-order valence-corrected chi connectivity index (χ0v) is 51.9. The van der Waals surface area contributed by atoms with Crippen molar-refractivity contribution >= 4 is 17.9 Å². The molecule has 452 valence electrons. The van der Waals surface area contributed by atoms with E-state index < -0.39 is 6.10 Å². The van der Waals surface area contributed by atoms with Crippen LogP contribution < -0.4 is 0 Å². The van der Waals surface area contributed by atoms with Crippen molar-refractivity contribution in [1.82, 2.24) is 0 Å². The predicted molar refractivity (Wildman–Crippen MR) is 343 cm³/mol. The minimum Gasteiger partial charge on any atom is -0.462 e. The molecule has 0 aromatic carbocycles. The summed E-state index contributed by atoms with van der Waals surface area (Å²) in [4.78, 5) is 37.9. The maximum absolute atomic E-state index is 12.8. The lowest BCUT2D eigenvalue weighted by Gasteiger charge is -2.18. The van der Waals surface area contributed by atoms with Crippen LogP contribution in [0.2, 0.25) is 0 Å². The number of allylic oxidation sites excluding steroid dienone is 18. The number of hydrogen-bond donors (Lipinski definition) is 0. The summed E-state index contributed by atoms with van der Waals surface area (Å²) in [5, 5.41) is 0. The van der Waals surface area contributed by atoms with Crippen molar-refractivity contribution in [1.29, 1.82) is 0 Å². The van der Waals surface area contributed by atoms with Gasteiger partial charge in [-0.2, -0.15) is 0 Å². The Bertz CT molecular complexity index is 1590. The Hall–Kier alpha value is -3.93.